The third kappa shape index (κ3) is 4.99. The van der Waals surface area contributed by atoms with E-state index in [4.69, 9.17) is 8.83 Å². The maximum atomic E-state index is 12.4. The largest absolute Gasteiger partial charge is 0.459 e. The molecule has 1 unspecified atom stereocenters. The molecule has 3 heterocycles. The van der Waals surface area contributed by atoms with E-state index in [-0.39, 0.29) is 17.5 Å². The zero-order chi connectivity index (χ0) is 21.9. The molecule has 160 valence electrons. The van der Waals surface area contributed by atoms with Gasteiger partial charge in [0.1, 0.15) is 6.07 Å². The van der Waals surface area contributed by atoms with Crippen molar-refractivity contribution in [2.45, 2.75) is 39.3 Å². The fourth-order valence-corrected chi connectivity index (χ4v) is 3.17. The van der Waals surface area contributed by atoms with Crippen LogP contribution in [0.15, 0.2) is 27.2 Å². The van der Waals surface area contributed by atoms with Crippen molar-refractivity contribution in [2.24, 2.45) is 0 Å². The number of aromatic nitrogens is 1. The smallest absolute Gasteiger partial charge is 0.321 e. The number of furan rings is 1. The molecule has 2 N–H and O–H groups in total. The van der Waals surface area contributed by atoms with Gasteiger partial charge >= 0.3 is 6.03 Å². The molecule has 10 heteroatoms. The summed E-state index contributed by atoms with van der Waals surface area (Å²) < 4.78 is 11.1. The number of urea groups is 1. The van der Waals surface area contributed by atoms with Crippen LogP contribution >= 0.6 is 0 Å². The average Bonchev–Trinajstić information content (AvgIpc) is 3.35. The van der Waals surface area contributed by atoms with Crippen LogP contribution in [0.1, 0.15) is 33.4 Å². The van der Waals surface area contributed by atoms with E-state index in [0.717, 1.165) is 0 Å². The van der Waals surface area contributed by atoms with Gasteiger partial charge in [0.2, 0.25) is 17.5 Å². The minimum absolute atomic E-state index is 0.194. The highest BCUT2D eigenvalue weighted by Gasteiger charge is 2.30. The molecule has 1 fully saturated rings. The zero-order valence-electron chi connectivity index (χ0n) is 17.6. The number of amides is 3. The summed E-state index contributed by atoms with van der Waals surface area (Å²) in [5, 5.41) is 14.5. The average molecular weight is 414 g/mol. The number of hydrogen-bond donors (Lipinski definition) is 2. The SMILES string of the molecule is CC(C(=O)NC(=O)NC(C)(C)C)N1CCN(c2oc(-c3ccco3)nc2C#N)CC1. The quantitative estimate of drug-likeness (QED) is 0.777. The Hall–Kier alpha value is -3.32. The summed E-state index contributed by atoms with van der Waals surface area (Å²) in [5.74, 6) is 0.745. The highest BCUT2D eigenvalue weighted by atomic mass is 16.4. The summed E-state index contributed by atoms with van der Waals surface area (Å²) in [7, 11) is 0. The first-order valence-corrected chi connectivity index (χ1v) is 9.75. The number of anilines is 1. The molecule has 1 atom stereocenters. The van der Waals surface area contributed by atoms with Crippen molar-refractivity contribution >= 4 is 17.8 Å². The van der Waals surface area contributed by atoms with Crippen LogP contribution in [-0.4, -0.2) is 59.6 Å². The van der Waals surface area contributed by atoms with E-state index in [1.807, 2.05) is 30.6 Å². The second-order valence-electron chi connectivity index (χ2n) is 8.15. The third-order valence-electron chi connectivity index (χ3n) is 4.70. The maximum absolute atomic E-state index is 12.4. The standard InChI is InChI=1S/C20H26N6O4/c1-13(16(27)23-19(28)24-20(2,3)4)25-7-9-26(10-8-25)18-14(12-21)22-17(30-18)15-6-5-11-29-15/h5-6,11,13H,7-10H2,1-4H3,(H2,23,24,27,28). The summed E-state index contributed by atoms with van der Waals surface area (Å²) in [6.45, 7) is 9.52. The number of piperazine rings is 1. The van der Waals surface area contributed by atoms with Gasteiger partial charge in [-0.1, -0.05) is 0 Å². The normalized spacial score (nSPS) is 16.0. The van der Waals surface area contributed by atoms with E-state index in [9.17, 15) is 14.9 Å². The highest BCUT2D eigenvalue weighted by molar-refractivity contribution is 5.97. The fourth-order valence-electron chi connectivity index (χ4n) is 3.17. The first-order valence-electron chi connectivity index (χ1n) is 9.75. The molecule has 2 aromatic heterocycles. The highest BCUT2D eigenvalue weighted by Crippen LogP contribution is 2.29. The lowest BCUT2D eigenvalue weighted by molar-refractivity contribution is -0.124. The molecule has 3 rings (SSSR count). The molecule has 1 aliphatic heterocycles. The van der Waals surface area contributed by atoms with E-state index in [0.29, 0.717) is 37.8 Å². The molecule has 1 aliphatic rings. The second kappa shape index (κ2) is 8.59. The Morgan fingerprint density at radius 1 is 1.27 bits per heavy atom. The van der Waals surface area contributed by atoms with Gasteiger partial charge in [-0.2, -0.15) is 10.2 Å². The fraction of sp³-hybridized carbons (Fsp3) is 0.500. The van der Waals surface area contributed by atoms with E-state index in [1.165, 1.54) is 6.26 Å². The molecule has 30 heavy (non-hydrogen) atoms. The number of nitriles is 1. The van der Waals surface area contributed by atoms with Crippen molar-refractivity contribution in [3.63, 3.8) is 0 Å². The van der Waals surface area contributed by atoms with Crippen LogP contribution in [0.25, 0.3) is 11.7 Å². The molecule has 10 nitrogen and oxygen atoms in total. The molecule has 3 amide bonds. The van der Waals surface area contributed by atoms with Crippen LogP contribution in [0.3, 0.4) is 0 Å². The molecule has 0 aliphatic carbocycles. The van der Waals surface area contributed by atoms with Gasteiger partial charge in [0.15, 0.2) is 5.76 Å². The first kappa shape index (κ1) is 21.4. The topological polar surface area (TPSA) is 128 Å². The van der Waals surface area contributed by atoms with Crippen molar-refractivity contribution < 1.29 is 18.4 Å². The van der Waals surface area contributed by atoms with Gasteiger partial charge in [-0.05, 0) is 39.8 Å². The van der Waals surface area contributed by atoms with E-state index < -0.39 is 17.6 Å². The van der Waals surface area contributed by atoms with E-state index in [1.54, 1.807) is 19.1 Å². The Morgan fingerprint density at radius 2 is 1.97 bits per heavy atom. The molecule has 0 aromatic carbocycles. The van der Waals surface area contributed by atoms with Crippen molar-refractivity contribution in [2.75, 3.05) is 31.1 Å². The molecule has 0 radical (unpaired) electrons. The molecular weight excluding hydrogens is 388 g/mol. The van der Waals surface area contributed by atoms with Crippen LogP contribution in [0, 0.1) is 11.3 Å². The van der Waals surface area contributed by atoms with E-state index >= 15 is 0 Å². The molecule has 0 saturated carbocycles. The number of nitrogens with zero attached hydrogens (tertiary/aromatic N) is 4. The molecule has 0 spiro atoms. The summed E-state index contributed by atoms with van der Waals surface area (Å²) in [4.78, 5) is 32.5. The lowest BCUT2D eigenvalue weighted by atomic mass is 10.1. The lowest BCUT2D eigenvalue weighted by Crippen LogP contribution is -2.56. The monoisotopic (exact) mass is 414 g/mol. The first-order chi connectivity index (χ1) is 14.2. The molecule has 2 aromatic rings. The summed E-state index contributed by atoms with van der Waals surface area (Å²) in [6.07, 6.45) is 1.51. The van der Waals surface area contributed by atoms with Crippen LogP contribution < -0.4 is 15.5 Å². The lowest BCUT2D eigenvalue weighted by Gasteiger charge is -2.37. The van der Waals surface area contributed by atoms with Crippen LogP contribution in [0.5, 0.6) is 0 Å². The zero-order valence-corrected chi connectivity index (χ0v) is 17.6. The number of imide groups is 1. The van der Waals surface area contributed by atoms with Crippen molar-refractivity contribution in [1.29, 1.82) is 5.26 Å². The number of hydrogen-bond acceptors (Lipinski definition) is 8. The van der Waals surface area contributed by atoms with Gasteiger partial charge in [0.25, 0.3) is 5.89 Å². The third-order valence-corrected chi connectivity index (χ3v) is 4.70. The number of carbonyl (C=O) groups excluding carboxylic acids is 2. The Bertz CT molecular complexity index is 930. The summed E-state index contributed by atoms with van der Waals surface area (Å²) in [6, 6.07) is 4.51. The van der Waals surface area contributed by atoms with Gasteiger partial charge in [-0.25, -0.2) is 4.79 Å². The van der Waals surface area contributed by atoms with Gasteiger partial charge in [0.05, 0.1) is 12.3 Å². The van der Waals surface area contributed by atoms with Crippen molar-refractivity contribution in [3.05, 3.63) is 24.1 Å². The van der Waals surface area contributed by atoms with Crippen molar-refractivity contribution in [1.82, 2.24) is 20.5 Å². The minimum Gasteiger partial charge on any atom is -0.459 e. The summed E-state index contributed by atoms with van der Waals surface area (Å²) in [5.41, 5.74) is -0.233. The number of rotatable bonds is 4. The second-order valence-corrected chi connectivity index (χ2v) is 8.15. The predicted molar refractivity (Wildman–Crippen MR) is 109 cm³/mol. The summed E-state index contributed by atoms with van der Waals surface area (Å²) >= 11 is 0. The van der Waals surface area contributed by atoms with Gasteiger partial charge in [-0.15, -0.1) is 0 Å². The maximum Gasteiger partial charge on any atom is 0.321 e. The Kier molecular flexibility index (Phi) is 6.12. The number of nitrogens with one attached hydrogen (secondary N) is 2. The molecule has 1 saturated heterocycles. The molecule has 0 bridgehead atoms. The Balaban J connectivity index is 1.59. The van der Waals surface area contributed by atoms with Crippen molar-refractivity contribution in [3.8, 4) is 17.7 Å². The van der Waals surface area contributed by atoms with Crippen LogP contribution in [0.4, 0.5) is 10.7 Å². The predicted octanol–water partition coefficient (Wildman–Crippen LogP) is 1.94. The van der Waals surface area contributed by atoms with Crippen LogP contribution in [-0.2, 0) is 4.79 Å². The Labute approximate surface area is 174 Å². The van der Waals surface area contributed by atoms with Gasteiger partial charge in [0, 0.05) is 31.7 Å². The number of oxazole rings is 1. The van der Waals surface area contributed by atoms with Gasteiger partial charge < -0.3 is 19.1 Å². The minimum atomic E-state index is -0.510. The van der Waals surface area contributed by atoms with Crippen LogP contribution in [0.2, 0.25) is 0 Å². The molecular formula is C20H26N6O4. The number of carbonyl (C=O) groups is 2. The van der Waals surface area contributed by atoms with E-state index in [2.05, 4.69) is 21.7 Å². The Morgan fingerprint density at radius 3 is 2.53 bits per heavy atom. The van der Waals surface area contributed by atoms with Gasteiger partial charge in [-0.3, -0.25) is 15.0 Å².